The molecule has 0 bridgehead atoms. The summed E-state index contributed by atoms with van der Waals surface area (Å²) < 4.78 is 0. The van der Waals surface area contributed by atoms with E-state index in [1.807, 2.05) is 12.3 Å². The Hall–Kier alpha value is -1.18. The number of carbonyl (C=O) groups is 1. The van der Waals surface area contributed by atoms with Gasteiger partial charge in [-0.05, 0) is 30.9 Å². The standard InChI is InChI=1S/C14H19NO/c1-2-11-7-8-13(15-10-11)9-14(16)12-5-3-4-6-12/h7-8,10,12H,2-6,9H2,1H3. The van der Waals surface area contributed by atoms with Gasteiger partial charge in [0.1, 0.15) is 5.78 Å². The molecule has 16 heavy (non-hydrogen) atoms. The predicted molar refractivity (Wildman–Crippen MR) is 64.3 cm³/mol. The number of ketones is 1. The monoisotopic (exact) mass is 217 g/mol. The molecular weight excluding hydrogens is 198 g/mol. The molecule has 1 aromatic heterocycles. The first-order valence-electron chi connectivity index (χ1n) is 6.26. The highest BCUT2D eigenvalue weighted by molar-refractivity contribution is 5.83. The smallest absolute Gasteiger partial charge is 0.141 e. The summed E-state index contributed by atoms with van der Waals surface area (Å²) in [4.78, 5) is 16.3. The van der Waals surface area contributed by atoms with Gasteiger partial charge < -0.3 is 0 Å². The first-order chi connectivity index (χ1) is 7.79. The van der Waals surface area contributed by atoms with Gasteiger partial charge in [-0.1, -0.05) is 25.8 Å². The molecule has 1 aliphatic rings. The highest BCUT2D eigenvalue weighted by Crippen LogP contribution is 2.26. The Morgan fingerprint density at radius 1 is 1.38 bits per heavy atom. The second-order valence-corrected chi connectivity index (χ2v) is 4.64. The SMILES string of the molecule is CCc1ccc(CC(=O)C2CCCC2)nc1. The van der Waals surface area contributed by atoms with E-state index in [0.717, 1.165) is 25.0 Å². The highest BCUT2D eigenvalue weighted by Gasteiger charge is 2.22. The Bertz CT molecular complexity index is 350. The maximum Gasteiger partial charge on any atom is 0.141 e. The molecule has 1 aliphatic carbocycles. The molecule has 2 rings (SSSR count). The van der Waals surface area contributed by atoms with Crippen LogP contribution < -0.4 is 0 Å². The lowest BCUT2D eigenvalue weighted by Gasteiger charge is -2.07. The Morgan fingerprint density at radius 3 is 2.69 bits per heavy atom. The van der Waals surface area contributed by atoms with Crippen LogP contribution in [-0.4, -0.2) is 10.8 Å². The normalized spacial score (nSPS) is 16.6. The van der Waals surface area contributed by atoms with Crippen LogP contribution in [0.3, 0.4) is 0 Å². The number of hydrogen-bond donors (Lipinski definition) is 0. The molecule has 0 N–H and O–H groups in total. The molecule has 86 valence electrons. The third-order valence-electron chi connectivity index (χ3n) is 3.46. The largest absolute Gasteiger partial charge is 0.299 e. The lowest BCUT2D eigenvalue weighted by atomic mass is 9.98. The third kappa shape index (κ3) is 2.69. The molecule has 1 heterocycles. The van der Waals surface area contributed by atoms with Crippen molar-refractivity contribution in [1.29, 1.82) is 0 Å². The van der Waals surface area contributed by atoms with Crippen molar-refractivity contribution in [1.82, 2.24) is 4.98 Å². The summed E-state index contributed by atoms with van der Waals surface area (Å²) >= 11 is 0. The summed E-state index contributed by atoms with van der Waals surface area (Å²) in [5.41, 5.74) is 2.16. The number of hydrogen-bond acceptors (Lipinski definition) is 2. The molecule has 0 aliphatic heterocycles. The number of nitrogens with zero attached hydrogens (tertiary/aromatic N) is 1. The Kier molecular flexibility index (Phi) is 3.70. The molecule has 1 saturated carbocycles. The van der Waals surface area contributed by atoms with Gasteiger partial charge in [-0.25, -0.2) is 0 Å². The van der Waals surface area contributed by atoms with Gasteiger partial charge in [-0.2, -0.15) is 0 Å². The number of pyridine rings is 1. The quantitative estimate of drug-likeness (QED) is 0.776. The van der Waals surface area contributed by atoms with Gasteiger partial charge in [0.05, 0.1) is 0 Å². The summed E-state index contributed by atoms with van der Waals surface area (Å²) in [6.45, 7) is 2.11. The van der Waals surface area contributed by atoms with Crippen LogP contribution in [0, 0.1) is 5.92 Å². The fourth-order valence-corrected chi connectivity index (χ4v) is 2.34. The lowest BCUT2D eigenvalue weighted by molar-refractivity contribution is -0.122. The number of Topliss-reactive ketones (excluding diaryl/α,β-unsaturated/α-hetero) is 1. The van der Waals surface area contributed by atoms with Crippen LogP contribution in [0.5, 0.6) is 0 Å². The van der Waals surface area contributed by atoms with Crippen molar-refractivity contribution < 1.29 is 4.79 Å². The van der Waals surface area contributed by atoms with E-state index in [1.54, 1.807) is 0 Å². The summed E-state index contributed by atoms with van der Waals surface area (Å²) in [6.07, 6.45) is 8.03. The minimum absolute atomic E-state index is 0.313. The molecule has 0 spiro atoms. The number of rotatable bonds is 4. The summed E-state index contributed by atoms with van der Waals surface area (Å²) in [7, 11) is 0. The van der Waals surface area contributed by atoms with Gasteiger partial charge in [0.2, 0.25) is 0 Å². The molecule has 0 radical (unpaired) electrons. The van der Waals surface area contributed by atoms with E-state index in [2.05, 4.69) is 18.0 Å². The van der Waals surface area contributed by atoms with Gasteiger partial charge in [-0.15, -0.1) is 0 Å². The second kappa shape index (κ2) is 5.24. The van der Waals surface area contributed by atoms with Gasteiger partial charge in [0.15, 0.2) is 0 Å². The van der Waals surface area contributed by atoms with Crippen molar-refractivity contribution in [3.05, 3.63) is 29.6 Å². The maximum absolute atomic E-state index is 11.9. The van der Waals surface area contributed by atoms with Crippen molar-refractivity contribution in [3.63, 3.8) is 0 Å². The van der Waals surface area contributed by atoms with Crippen LogP contribution in [0.25, 0.3) is 0 Å². The topological polar surface area (TPSA) is 30.0 Å². The zero-order chi connectivity index (χ0) is 11.4. The molecular formula is C14H19NO. The van der Waals surface area contributed by atoms with Crippen LogP contribution in [0.2, 0.25) is 0 Å². The van der Waals surface area contributed by atoms with Crippen molar-refractivity contribution in [2.45, 2.75) is 45.4 Å². The van der Waals surface area contributed by atoms with Crippen LogP contribution >= 0.6 is 0 Å². The molecule has 2 heteroatoms. The second-order valence-electron chi connectivity index (χ2n) is 4.64. The van der Waals surface area contributed by atoms with Crippen molar-refractivity contribution in [2.75, 3.05) is 0 Å². The highest BCUT2D eigenvalue weighted by atomic mass is 16.1. The van der Waals surface area contributed by atoms with Gasteiger partial charge in [0, 0.05) is 24.2 Å². The van der Waals surface area contributed by atoms with Gasteiger partial charge in [-0.3, -0.25) is 9.78 Å². The molecule has 0 atom stereocenters. The van der Waals surface area contributed by atoms with E-state index in [0.29, 0.717) is 18.1 Å². The van der Waals surface area contributed by atoms with E-state index < -0.39 is 0 Å². The lowest BCUT2D eigenvalue weighted by Crippen LogP contribution is -2.14. The van der Waals surface area contributed by atoms with E-state index in [9.17, 15) is 4.79 Å². The van der Waals surface area contributed by atoms with Crippen LogP contribution in [0.4, 0.5) is 0 Å². The van der Waals surface area contributed by atoms with E-state index >= 15 is 0 Å². The zero-order valence-electron chi connectivity index (χ0n) is 9.91. The molecule has 2 nitrogen and oxygen atoms in total. The summed E-state index contributed by atoms with van der Waals surface area (Å²) in [5, 5.41) is 0. The summed E-state index contributed by atoms with van der Waals surface area (Å²) in [5.74, 6) is 0.696. The average molecular weight is 217 g/mol. The minimum atomic E-state index is 0.313. The molecule has 0 unspecified atom stereocenters. The fourth-order valence-electron chi connectivity index (χ4n) is 2.34. The average Bonchev–Trinajstić information content (AvgIpc) is 2.83. The third-order valence-corrected chi connectivity index (χ3v) is 3.46. The van der Waals surface area contributed by atoms with Crippen LogP contribution in [0.1, 0.15) is 43.9 Å². The Labute approximate surface area is 97.1 Å². The number of aromatic nitrogens is 1. The Balaban J connectivity index is 1.94. The molecule has 1 fully saturated rings. The van der Waals surface area contributed by atoms with Gasteiger partial charge >= 0.3 is 0 Å². The van der Waals surface area contributed by atoms with E-state index in [-0.39, 0.29) is 0 Å². The van der Waals surface area contributed by atoms with E-state index in [1.165, 1.54) is 18.4 Å². The van der Waals surface area contributed by atoms with Crippen molar-refractivity contribution in [3.8, 4) is 0 Å². The first kappa shape index (κ1) is 11.3. The number of aryl methyl sites for hydroxylation is 1. The fraction of sp³-hybridized carbons (Fsp3) is 0.571. The predicted octanol–water partition coefficient (Wildman–Crippen LogP) is 2.95. The summed E-state index contributed by atoms with van der Waals surface area (Å²) in [6, 6.07) is 4.07. The van der Waals surface area contributed by atoms with Crippen molar-refractivity contribution in [2.24, 2.45) is 5.92 Å². The molecule has 0 saturated heterocycles. The molecule has 1 aromatic rings. The van der Waals surface area contributed by atoms with E-state index in [4.69, 9.17) is 0 Å². The number of carbonyl (C=O) groups excluding carboxylic acids is 1. The Morgan fingerprint density at radius 2 is 2.12 bits per heavy atom. The molecule has 0 amide bonds. The minimum Gasteiger partial charge on any atom is -0.299 e. The van der Waals surface area contributed by atoms with Crippen molar-refractivity contribution >= 4 is 5.78 Å². The van der Waals surface area contributed by atoms with Crippen LogP contribution in [0.15, 0.2) is 18.3 Å². The molecule has 0 aromatic carbocycles. The van der Waals surface area contributed by atoms with Crippen LogP contribution in [-0.2, 0) is 17.6 Å². The maximum atomic E-state index is 11.9. The zero-order valence-corrected chi connectivity index (χ0v) is 9.91. The van der Waals surface area contributed by atoms with Gasteiger partial charge in [0.25, 0.3) is 0 Å². The first-order valence-corrected chi connectivity index (χ1v) is 6.26.